The first-order valence-electron chi connectivity index (χ1n) is 7.47. The van der Waals surface area contributed by atoms with E-state index in [2.05, 4.69) is 15.3 Å². The summed E-state index contributed by atoms with van der Waals surface area (Å²) < 4.78 is 5.52. The minimum Gasteiger partial charge on any atom is -0.484 e. The lowest BCUT2D eigenvalue weighted by atomic mass is 10.1. The summed E-state index contributed by atoms with van der Waals surface area (Å²) in [6.07, 6.45) is 3.45. The Morgan fingerprint density at radius 1 is 1.25 bits per heavy atom. The smallest absolute Gasteiger partial charge is 0.264 e. The number of benzene rings is 1. The zero-order valence-electron chi connectivity index (χ0n) is 13.4. The number of carbonyl (C=O) groups excluding carboxylic acids is 1. The molecular weight excluding hydrogens is 322 g/mol. The van der Waals surface area contributed by atoms with Crippen molar-refractivity contribution in [3.63, 3.8) is 0 Å². The number of carbonyl (C=O) groups is 1. The quantitative estimate of drug-likeness (QED) is 0.767. The average molecular weight is 339 g/mol. The number of ether oxygens (including phenoxy) is 1. The molecule has 0 fully saturated rings. The summed E-state index contributed by atoms with van der Waals surface area (Å²) in [6.45, 7) is 4.00. The van der Waals surface area contributed by atoms with Gasteiger partial charge in [-0.15, -0.1) is 11.3 Å². The molecule has 0 bridgehead atoms. The van der Waals surface area contributed by atoms with Gasteiger partial charge in [-0.1, -0.05) is 6.07 Å². The van der Waals surface area contributed by atoms with Gasteiger partial charge in [0.15, 0.2) is 11.7 Å². The van der Waals surface area contributed by atoms with Crippen LogP contribution >= 0.6 is 11.3 Å². The fourth-order valence-electron chi connectivity index (χ4n) is 2.09. The molecular formula is C18H17N3O2S. The van der Waals surface area contributed by atoms with Gasteiger partial charge in [-0.25, -0.2) is 4.98 Å². The normalized spacial score (nSPS) is 10.4. The van der Waals surface area contributed by atoms with Crippen LogP contribution in [0.5, 0.6) is 5.75 Å². The van der Waals surface area contributed by atoms with Crippen LogP contribution < -0.4 is 10.1 Å². The minimum absolute atomic E-state index is 0.0513. The predicted octanol–water partition coefficient (Wildman–Crippen LogP) is 3.84. The number of nitrogens with one attached hydrogen (secondary N) is 1. The van der Waals surface area contributed by atoms with Gasteiger partial charge in [0.05, 0.1) is 5.69 Å². The fourth-order valence-corrected chi connectivity index (χ4v) is 2.82. The Labute approximate surface area is 144 Å². The molecule has 0 aliphatic heterocycles. The summed E-state index contributed by atoms with van der Waals surface area (Å²) in [4.78, 5) is 20.5. The average Bonchev–Trinajstić information content (AvgIpc) is 3.05. The number of aryl methyl sites for hydroxylation is 2. The Kier molecular flexibility index (Phi) is 4.86. The lowest BCUT2D eigenvalue weighted by Crippen LogP contribution is -2.20. The molecule has 3 aromatic rings. The molecule has 24 heavy (non-hydrogen) atoms. The Hall–Kier alpha value is -2.73. The van der Waals surface area contributed by atoms with Gasteiger partial charge in [0.2, 0.25) is 0 Å². The fraction of sp³-hybridized carbons (Fsp3) is 0.167. The summed E-state index contributed by atoms with van der Waals surface area (Å²) in [5.41, 5.74) is 4.03. The summed E-state index contributed by atoms with van der Waals surface area (Å²) in [5.74, 6) is 0.448. The summed E-state index contributed by atoms with van der Waals surface area (Å²) in [7, 11) is 0. The highest BCUT2D eigenvalue weighted by atomic mass is 32.1. The molecule has 2 aromatic heterocycles. The number of hydrogen-bond donors (Lipinski definition) is 1. The van der Waals surface area contributed by atoms with Crippen molar-refractivity contribution in [1.82, 2.24) is 9.97 Å². The van der Waals surface area contributed by atoms with Gasteiger partial charge < -0.3 is 4.74 Å². The highest BCUT2D eigenvalue weighted by Crippen LogP contribution is 2.24. The van der Waals surface area contributed by atoms with Crippen LogP contribution in [0.15, 0.2) is 48.1 Å². The van der Waals surface area contributed by atoms with Crippen molar-refractivity contribution in [2.24, 2.45) is 0 Å². The molecule has 1 N–H and O–H groups in total. The highest BCUT2D eigenvalue weighted by molar-refractivity contribution is 7.14. The van der Waals surface area contributed by atoms with Gasteiger partial charge >= 0.3 is 0 Å². The van der Waals surface area contributed by atoms with Crippen LogP contribution in [0.2, 0.25) is 0 Å². The van der Waals surface area contributed by atoms with Crippen LogP contribution in [0.3, 0.4) is 0 Å². The molecule has 6 heteroatoms. The van der Waals surface area contributed by atoms with Crippen LogP contribution in [-0.4, -0.2) is 22.5 Å². The monoisotopic (exact) mass is 339 g/mol. The maximum atomic E-state index is 12.0. The number of hydrogen-bond acceptors (Lipinski definition) is 5. The molecule has 5 nitrogen and oxygen atoms in total. The van der Waals surface area contributed by atoms with Crippen molar-refractivity contribution in [1.29, 1.82) is 0 Å². The molecule has 0 saturated heterocycles. The van der Waals surface area contributed by atoms with E-state index < -0.39 is 0 Å². The molecule has 0 aliphatic carbocycles. The van der Waals surface area contributed by atoms with Gasteiger partial charge in [0, 0.05) is 23.3 Å². The molecule has 0 unspecified atom stereocenters. The van der Waals surface area contributed by atoms with E-state index >= 15 is 0 Å². The topological polar surface area (TPSA) is 64.1 Å². The molecule has 0 spiro atoms. The molecule has 2 heterocycles. The minimum atomic E-state index is -0.236. The van der Waals surface area contributed by atoms with Crippen LogP contribution in [0.25, 0.3) is 11.3 Å². The molecule has 122 valence electrons. The van der Waals surface area contributed by atoms with Crippen molar-refractivity contribution in [3.05, 3.63) is 59.2 Å². The summed E-state index contributed by atoms with van der Waals surface area (Å²) in [6, 6.07) is 9.54. The number of nitrogens with zero attached hydrogens (tertiary/aromatic N) is 2. The number of anilines is 1. The van der Waals surface area contributed by atoms with Crippen molar-refractivity contribution < 1.29 is 9.53 Å². The molecule has 0 saturated carbocycles. The number of rotatable bonds is 5. The Morgan fingerprint density at radius 3 is 2.88 bits per heavy atom. The van der Waals surface area contributed by atoms with E-state index in [9.17, 15) is 4.79 Å². The summed E-state index contributed by atoms with van der Waals surface area (Å²) in [5, 5.41) is 5.18. The SMILES string of the molecule is Cc1ccc(OCC(=O)Nc2nc(-c3cccnc3)cs2)cc1C. The predicted molar refractivity (Wildman–Crippen MR) is 95.4 cm³/mol. The zero-order chi connectivity index (χ0) is 16.9. The van der Waals surface area contributed by atoms with Crippen LogP contribution in [0.1, 0.15) is 11.1 Å². The third kappa shape index (κ3) is 3.97. The number of thiazole rings is 1. The first kappa shape index (κ1) is 16.1. The molecule has 0 radical (unpaired) electrons. The van der Waals surface area contributed by atoms with Crippen LogP contribution in [0.4, 0.5) is 5.13 Å². The van der Waals surface area contributed by atoms with Crippen molar-refractivity contribution in [2.75, 3.05) is 11.9 Å². The van der Waals surface area contributed by atoms with E-state index in [0.29, 0.717) is 10.9 Å². The van der Waals surface area contributed by atoms with Gasteiger partial charge in [-0.2, -0.15) is 0 Å². The first-order valence-corrected chi connectivity index (χ1v) is 8.35. The molecule has 0 aliphatic rings. The van der Waals surface area contributed by atoms with Gasteiger partial charge in [0.25, 0.3) is 5.91 Å². The molecule has 0 atom stereocenters. The number of amides is 1. The maximum Gasteiger partial charge on any atom is 0.264 e. The standard InChI is InChI=1S/C18H17N3O2S/c1-12-5-6-15(8-13(12)2)23-10-17(22)21-18-20-16(11-24-18)14-4-3-7-19-9-14/h3-9,11H,10H2,1-2H3,(H,20,21,22). The van der Waals surface area contributed by atoms with Crippen molar-refractivity contribution in [3.8, 4) is 17.0 Å². The maximum absolute atomic E-state index is 12.0. The van der Waals surface area contributed by atoms with E-state index in [-0.39, 0.29) is 12.5 Å². The first-order chi connectivity index (χ1) is 11.6. The second kappa shape index (κ2) is 7.23. The highest BCUT2D eigenvalue weighted by Gasteiger charge is 2.09. The van der Waals surface area contributed by atoms with Crippen molar-refractivity contribution in [2.45, 2.75) is 13.8 Å². The van der Waals surface area contributed by atoms with Gasteiger partial charge in [-0.3, -0.25) is 15.1 Å². The van der Waals surface area contributed by atoms with E-state index in [1.165, 1.54) is 16.9 Å². The Balaban J connectivity index is 1.57. The lowest BCUT2D eigenvalue weighted by Gasteiger charge is -2.07. The molecule has 3 rings (SSSR count). The molecule has 1 aromatic carbocycles. The zero-order valence-corrected chi connectivity index (χ0v) is 14.3. The Morgan fingerprint density at radius 2 is 2.12 bits per heavy atom. The second-order valence-electron chi connectivity index (χ2n) is 5.36. The third-order valence-corrected chi connectivity index (χ3v) is 4.31. The lowest BCUT2D eigenvalue weighted by molar-refractivity contribution is -0.118. The van der Waals surface area contributed by atoms with Gasteiger partial charge in [0.1, 0.15) is 5.75 Å². The van der Waals surface area contributed by atoms with Crippen LogP contribution in [-0.2, 0) is 4.79 Å². The van der Waals surface area contributed by atoms with E-state index in [0.717, 1.165) is 16.8 Å². The molecule has 1 amide bonds. The van der Waals surface area contributed by atoms with E-state index in [1.807, 2.05) is 49.6 Å². The van der Waals surface area contributed by atoms with Crippen LogP contribution in [0, 0.1) is 13.8 Å². The number of pyridine rings is 1. The Bertz CT molecular complexity index is 846. The summed E-state index contributed by atoms with van der Waals surface area (Å²) >= 11 is 1.37. The van der Waals surface area contributed by atoms with Gasteiger partial charge in [-0.05, 0) is 49.2 Å². The second-order valence-corrected chi connectivity index (χ2v) is 6.22. The number of aromatic nitrogens is 2. The van der Waals surface area contributed by atoms with E-state index in [4.69, 9.17) is 4.74 Å². The largest absolute Gasteiger partial charge is 0.484 e. The van der Waals surface area contributed by atoms with E-state index in [1.54, 1.807) is 12.4 Å². The van der Waals surface area contributed by atoms with Crippen molar-refractivity contribution >= 4 is 22.4 Å². The third-order valence-electron chi connectivity index (χ3n) is 3.56.